The molecule has 0 saturated carbocycles. The van der Waals surface area contributed by atoms with Gasteiger partial charge in [0, 0.05) is 16.7 Å². The molecule has 0 radical (unpaired) electrons. The molecule has 1 heterocycles. The van der Waals surface area contributed by atoms with Crippen molar-refractivity contribution < 1.29 is 4.74 Å². The Morgan fingerprint density at radius 3 is 2.70 bits per heavy atom. The highest BCUT2D eigenvalue weighted by Crippen LogP contribution is 2.20. The lowest BCUT2D eigenvalue weighted by molar-refractivity contribution is 0.315. The molecule has 2 aromatic rings. The van der Waals surface area contributed by atoms with Gasteiger partial charge in [-0.25, -0.2) is 0 Å². The van der Waals surface area contributed by atoms with Crippen LogP contribution in [0, 0.1) is 0 Å². The summed E-state index contributed by atoms with van der Waals surface area (Å²) in [4.78, 5) is 4.20. The zero-order valence-electron chi connectivity index (χ0n) is 11.6. The first-order valence-corrected chi connectivity index (χ1v) is 7.56. The maximum Gasteiger partial charge on any atom is 0.137 e. The molecule has 4 heteroatoms. The second-order valence-electron chi connectivity index (χ2n) is 4.74. The Kier molecular flexibility index (Phi) is 5.56. The Morgan fingerprint density at radius 1 is 1.25 bits per heavy atom. The number of pyridine rings is 1. The third-order valence-electron chi connectivity index (χ3n) is 3.00. The molecule has 1 unspecified atom stereocenters. The lowest BCUT2D eigenvalue weighted by atomic mass is 10.0. The van der Waals surface area contributed by atoms with Crippen molar-refractivity contribution in [2.75, 3.05) is 6.61 Å². The van der Waals surface area contributed by atoms with Crippen LogP contribution in [0.4, 0.5) is 0 Å². The fourth-order valence-corrected chi connectivity index (χ4v) is 2.19. The summed E-state index contributed by atoms with van der Waals surface area (Å²) in [6.07, 6.45) is 5.30. The number of ether oxygens (including phenoxy) is 1. The molecule has 106 valence electrons. The predicted octanol–water partition coefficient (Wildman–Crippen LogP) is 3.88. The van der Waals surface area contributed by atoms with Crippen molar-refractivity contribution in [3.63, 3.8) is 0 Å². The average Bonchev–Trinajstić information content (AvgIpc) is 2.48. The van der Waals surface area contributed by atoms with Crippen LogP contribution in [0.5, 0.6) is 5.75 Å². The van der Waals surface area contributed by atoms with E-state index in [0.29, 0.717) is 6.61 Å². The largest absolute Gasteiger partial charge is 0.492 e. The van der Waals surface area contributed by atoms with Crippen LogP contribution in [0.1, 0.15) is 30.5 Å². The molecule has 0 saturated heterocycles. The Bertz CT molecular complexity index is 542. The lowest BCUT2D eigenvalue weighted by Gasteiger charge is -2.13. The minimum absolute atomic E-state index is 0.0751. The van der Waals surface area contributed by atoms with Crippen molar-refractivity contribution >= 4 is 15.9 Å². The van der Waals surface area contributed by atoms with E-state index < -0.39 is 0 Å². The van der Waals surface area contributed by atoms with E-state index in [1.807, 2.05) is 24.4 Å². The maximum atomic E-state index is 6.26. The number of nitrogens with two attached hydrogens (primary N) is 1. The minimum atomic E-state index is -0.0751. The molecule has 20 heavy (non-hydrogen) atoms. The Balaban J connectivity index is 2.04. The monoisotopic (exact) mass is 334 g/mol. The van der Waals surface area contributed by atoms with E-state index in [-0.39, 0.29) is 6.04 Å². The van der Waals surface area contributed by atoms with Gasteiger partial charge in [0.2, 0.25) is 0 Å². The number of nitrogens with zero attached hydrogens (tertiary/aromatic N) is 1. The predicted molar refractivity (Wildman–Crippen MR) is 84.8 cm³/mol. The molecule has 2 N–H and O–H groups in total. The number of halogens is 1. The van der Waals surface area contributed by atoms with E-state index in [4.69, 9.17) is 10.5 Å². The molecule has 0 aliphatic rings. The first-order chi connectivity index (χ1) is 9.69. The summed E-state index contributed by atoms with van der Waals surface area (Å²) < 4.78 is 6.66. The Labute approximate surface area is 128 Å². The molecular formula is C16H19BrN2O. The fraction of sp³-hybridized carbons (Fsp3) is 0.312. The molecule has 1 atom stereocenters. The zero-order chi connectivity index (χ0) is 14.4. The summed E-state index contributed by atoms with van der Waals surface area (Å²) >= 11 is 3.43. The third kappa shape index (κ3) is 4.32. The zero-order valence-corrected chi connectivity index (χ0v) is 13.1. The van der Waals surface area contributed by atoms with Crippen LogP contribution in [0.3, 0.4) is 0 Å². The van der Waals surface area contributed by atoms with Gasteiger partial charge in [0.25, 0.3) is 0 Å². The molecule has 0 aliphatic heterocycles. The van der Waals surface area contributed by atoms with Crippen LogP contribution >= 0.6 is 15.9 Å². The molecule has 0 fully saturated rings. The van der Waals surface area contributed by atoms with Crippen LogP contribution in [-0.4, -0.2) is 11.6 Å². The van der Waals surface area contributed by atoms with E-state index in [2.05, 4.69) is 40.0 Å². The normalized spacial score (nSPS) is 12.2. The van der Waals surface area contributed by atoms with Gasteiger partial charge in [-0.2, -0.15) is 0 Å². The molecule has 0 spiro atoms. The van der Waals surface area contributed by atoms with Crippen molar-refractivity contribution in [3.8, 4) is 5.75 Å². The minimum Gasteiger partial charge on any atom is -0.492 e. The molecule has 2 rings (SSSR count). The highest BCUT2D eigenvalue weighted by molar-refractivity contribution is 9.10. The van der Waals surface area contributed by atoms with Gasteiger partial charge in [-0.05, 0) is 42.2 Å². The van der Waals surface area contributed by atoms with Crippen LogP contribution in [0.15, 0.2) is 47.2 Å². The van der Waals surface area contributed by atoms with Crippen LogP contribution in [0.25, 0.3) is 0 Å². The fourth-order valence-electron chi connectivity index (χ4n) is 1.93. The Morgan fingerprint density at radius 2 is 2.00 bits per heavy atom. The molecule has 0 bridgehead atoms. The molecule has 1 aromatic carbocycles. The van der Waals surface area contributed by atoms with Crippen LogP contribution in [0.2, 0.25) is 0 Å². The van der Waals surface area contributed by atoms with E-state index in [1.165, 1.54) is 5.56 Å². The molecule has 3 nitrogen and oxygen atoms in total. The molecule has 0 amide bonds. The second-order valence-corrected chi connectivity index (χ2v) is 5.66. The van der Waals surface area contributed by atoms with Gasteiger partial charge in [-0.3, -0.25) is 4.98 Å². The van der Waals surface area contributed by atoms with Gasteiger partial charge >= 0.3 is 0 Å². The van der Waals surface area contributed by atoms with Crippen molar-refractivity contribution in [1.29, 1.82) is 0 Å². The highest BCUT2D eigenvalue weighted by Gasteiger charge is 2.09. The average molecular weight is 335 g/mol. The number of benzene rings is 1. The second kappa shape index (κ2) is 7.41. The summed E-state index contributed by atoms with van der Waals surface area (Å²) in [5, 5.41) is 0. The van der Waals surface area contributed by atoms with E-state index in [0.717, 1.165) is 28.6 Å². The molecule has 0 aliphatic carbocycles. The number of hydrogen-bond donors (Lipinski definition) is 1. The summed E-state index contributed by atoms with van der Waals surface area (Å²) in [5.41, 5.74) is 8.47. The van der Waals surface area contributed by atoms with Gasteiger partial charge in [-0.15, -0.1) is 0 Å². The van der Waals surface area contributed by atoms with Gasteiger partial charge in [0.1, 0.15) is 5.75 Å². The molecular weight excluding hydrogens is 316 g/mol. The van der Waals surface area contributed by atoms with Gasteiger partial charge in [-0.1, -0.05) is 35.0 Å². The Hall–Kier alpha value is -1.39. The summed E-state index contributed by atoms with van der Waals surface area (Å²) in [7, 11) is 0. The number of rotatable bonds is 6. The lowest BCUT2D eigenvalue weighted by Crippen LogP contribution is -2.13. The van der Waals surface area contributed by atoms with Crippen LogP contribution in [-0.2, 0) is 6.42 Å². The van der Waals surface area contributed by atoms with Crippen LogP contribution < -0.4 is 10.5 Å². The quantitative estimate of drug-likeness (QED) is 0.872. The third-order valence-corrected chi connectivity index (χ3v) is 3.53. The smallest absolute Gasteiger partial charge is 0.137 e. The van der Waals surface area contributed by atoms with E-state index >= 15 is 0 Å². The summed E-state index contributed by atoms with van der Waals surface area (Å²) in [6.45, 7) is 2.78. The topological polar surface area (TPSA) is 48.1 Å². The number of aromatic nitrogens is 1. The van der Waals surface area contributed by atoms with E-state index in [9.17, 15) is 0 Å². The first-order valence-electron chi connectivity index (χ1n) is 6.77. The highest BCUT2D eigenvalue weighted by atomic mass is 79.9. The summed E-state index contributed by atoms with van der Waals surface area (Å²) in [5.74, 6) is 0.788. The number of hydrogen-bond acceptors (Lipinski definition) is 3. The summed E-state index contributed by atoms with van der Waals surface area (Å²) in [6, 6.07) is 10.1. The van der Waals surface area contributed by atoms with Gasteiger partial charge in [0.05, 0.1) is 12.8 Å². The SMILES string of the molecule is CCCOc1cncc(C(N)Cc2ccc(Br)cc2)c1. The molecule has 1 aromatic heterocycles. The van der Waals surface area contributed by atoms with Gasteiger partial charge in [0.15, 0.2) is 0 Å². The van der Waals surface area contributed by atoms with Gasteiger partial charge < -0.3 is 10.5 Å². The first kappa shape index (κ1) is 15.0. The van der Waals surface area contributed by atoms with Crippen molar-refractivity contribution in [1.82, 2.24) is 4.98 Å². The van der Waals surface area contributed by atoms with E-state index in [1.54, 1.807) is 6.20 Å². The van der Waals surface area contributed by atoms with Crippen molar-refractivity contribution in [2.45, 2.75) is 25.8 Å². The maximum absolute atomic E-state index is 6.26. The van der Waals surface area contributed by atoms with Crippen molar-refractivity contribution in [2.24, 2.45) is 5.73 Å². The standard InChI is InChI=1S/C16H19BrN2O/c1-2-7-20-15-9-13(10-19-11-15)16(18)8-12-3-5-14(17)6-4-12/h3-6,9-11,16H,2,7-8,18H2,1H3. The van der Waals surface area contributed by atoms with Crippen molar-refractivity contribution in [3.05, 3.63) is 58.3 Å².